The SMILES string of the molecule is COc1ccccc1C(C)NC(=O)CN1C(=O)NC(C)(c2ccccc2)C1=O. The Kier molecular flexibility index (Phi) is 5.35. The molecule has 1 saturated heterocycles. The number of benzene rings is 2. The van der Waals surface area contributed by atoms with Gasteiger partial charge in [0.2, 0.25) is 5.91 Å². The van der Waals surface area contributed by atoms with Crippen molar-refractivity contribution in [1.82, 2.24) is 15.5 Å². The molecule has 146 valence electrons. The number of nitrogens with one attached hydrogen (secondary N) is 2. The highest BCUT2D eigenvalue weighted by atomic mass is 16.5. The summed E-state index contributed by atoms with van der Waals surface area (Å²) in [5, 5.41) is 5.51. The maximum absolute atomic E-state index is 12.9. The second-order valence-corrected chi connectivity index (χ2v) is 6.84. The highest BCUT2D eigenvalue weighted by molar-refractivity contribution is 6.09. The van der Waals surface area contributed by atoms with Gasteiger partial charge in [0.15, 0.2) is 0 Å². The molecule has 1 aliphatic heterocycles. The van der Waals surface area contributed by atoms with Gasteiger partial charge in [0.25, 0.3) is 5.91 Å². The number of amides is 4. The second kappa shape index (κ2) is 7.72. The van der Waals surface area contributed by atoms with Gasteiger partial charge in [-0.25, -0.2) is 4.79 Å². The van der Waals surface area contributed by atoms with E-state index in [1.54, 1.807) is 44.4 Å². The Morgan fingerprint density at radius 1 is 1.14 bits per heavy atom. The van der Waals surface area contributed by atoms with Crippen LogP contribution in [-0.4, -0.2) is 36.4 Å². The first-order valence-corrected chi connectivity index (χ1v) is 8.98. The number of hydrogen-bond acceptors (Lipinski definition) is 4. The number of hydrogen-bond donors (Lipinski definition) is 2. The van der Waals surface area contributed by atoms with Crippen molar-refractivity contribution in [3.8, 4) is 5.75 Å². The van der Waals surface area contributed by atoms with E-state index in [2.05, 4.69) is 10.6 Å². The molecule has 1 heterocycles. The predicted octanol–water partition coefficient (Wildman–Crippen LogP) is 2.34. The zero-order chi connectivity index (χ0) is 20.3. The van der Waals surface area contributed by atoms with Crippen molar-refractivity contribution < 1.29 is 19.1 Å². The lowest BCUT2D eigenvalue weighted by Gasteiger charge is -2.22. The van der Waals surface area contributed by atoms with Gasteiger partial charge in [-0.3, -0.25) is 14.5 Å². The van der Waals surface area contributed by atoms with Gasteiger partial charge in [-0.15, -0.1) is 0 Å². The number of nitrogens with zero attached hydrogens (tertiary/aromatic N) is 1. The van der Waals surface area contributed by atoms with Crippen molar-refractivity contribution in [3.05, 3.63) is 65.7 Å². The highest BCUT2D eigenvalue weighted by Gasteiger charge is 2.49. The molecule has 0 bridgehead atoms. The number of imide groups is 1. The average molecular weight is 381 g/mol. The first-order chi connectivity index (χ1) is 13.4. The lowest BCUT2D eigenvalue weighted by atomic mass is 9.92. The molecule has 2 aromatic rings. The van der Waals surface area contributed by atoms with E-state index < -0.39 is 23.4 Å². The summed E-state index contributed by atoms with van der Waals surface area (Å²) in [5.41, 5.74) is 0.288. The lowest BCUT2D eigenvalue weighted by Crippen LogP contribution is -2.43. The summed E-state index contributed by atoms with van der Waals surface area (Å²) in [5.74, 6) is -0.232. The van der Waals surface area contributed by atoms with Gasteiger partial charge < -0.3 is 15.4 Å². The first kappa shape index (κ1) is 19.4. The smallest absolute Gasteiger partial charge is 0.325 e. The normalized spacial score (nSPS) is 19.9. The van der Waals surface area contributed by atoms with E-state index >= 15 is 0 Å². The molecule has 2 unspecified atom stereocenters. The van der Waals surface area contributed by atoms with Crippen LogP contribution in [0.3, 0.4) is 0 Å². The van der Waals surface area contributed by atoms with Crippen LogP contribution in [0.2, 0.25) is 0 Å². The van der Waals surface area contributed by atoms with Crippen LogP contribution < -0.4 is 15.4 Å². The summed E-state index contributed by atoms with van der Waals surface area (Å²) in [6.45, 7) is 3.10. The topological polar surface area (TPSA) is 87.7 Å². The van der Waals surface area contributed by atoms with Crippen LogP contribution in [-0.2, 0) is 15.1 Å². The summed E-state index contributed by atoms with van der Waals surface area (Å²) in [6, 6.07) is 15.4. The molecule has 2 N–H and O–H groups in total. The minimum Gasteiger partial charge on any atom is -0.496 e. The third kappa shape index (κ3) is 3.55. The fourth-order valence-corrected chi connectivity index (χ4v) is 3.34. The quantitative estimate of drug-likeness (QED) is 0.752. The van der Waals surface area contributed by atoms with E-state index in [9.17, 15) is 14.4 Å². The van der Waals surface area contributed by atoms with Crippen LogP contribution >= 0.6 is 0 Å². The second-order valence-electron chi connectivity index (χ2n) is 6.84. The van der Waals surface area contributed by atoms with Crippen LogP contribution in [0.1, 0.15) is 31.0 Å². The van der Waals surface area contributed by atoms with E-state index in [1.165, 1.54) is 0 Å². The average Bonchev–Trinajstić information content (AvgIpc) is 2.92. The number of urea groups is 1. The Hall–Kier alpha value is -3.35. The molecular weight excluding hydrogens is 358 g/mol. The van der Waals surface area contributed by atoms with Gasteiger partial charge >= 0.3 is 6.03 Å². The van der Waals surface area contributed by atoms with Crippen LogP contribution in [0.15, 0.2) is 54.6 Å². The van der Waals surface area contributed by atoms with E-state index in [0.29, 0.717) is 11.3 Å². The van der Waals surface area contributed by atoms with Crippen molar-refractivity contribution in [2.75, 3.05) is 13.7 Å². The number of carbonyl (C=O) groups excluding carboxylic acids is 3. The molecule has 7 heteroatoms. The molecule has 0 saturated carbocycles. The molecule has 3 rings (SSSR count). The third-order valence-electron chi connectivity index (χ3n) is 4.91. The summed E-state index contributed by atoms with van der Waals surface area (Å²) < 4.78 is 5.31. The number of rotatable bonds is 6. The molecule has 0 aliphatic carbocycles. The number of para-hydroxylation sites is 1. The Bertz CT molecular complexity index is 900. The molecule has 4 amide bonds. The van der Waals surface area contributed by atoms with E-state index in [-0.39, 0.29) is 12.6 Å². The monoisotopic (exact) mass is 381 g/mol. The largest absolute Gasteiger partial charge is 0.496 e. The number of methoxy groups -OCH3 is 1. The van der Waals surface area contributed by atoms with Gasteiger partial charge in [0.1, 0.15) is 17.8 Å². The molecule has 2 atom stereocenters. The molecule has 1 aliphatic rings. The van der Waals surface area contributed by atoms with E-state index in [4.69, 9.17) is 4.74 Å². The fraction of sp³-hybridized carbons (Fsp3) is 0.286. The number of ether oxygens (including phenoxy) is 1. The summed E-state index contributed by atoms with van der Waals surface area (Å²) in [7, 11) is 1.56. The summed E-state index contributed by atoms with van der Waals surface area (Å²) >= 11 is 0. The minimum atomic E-state index is -1.19. The molecule has 28 heavy (non-hydrogen) atoms. The molecular formula is C21H23N3O4. The van der Waals surface area contributed by atoms with Crippen LogP contribution in [0.25, 0.3) is 0 Å². The molecule has 0 radical (unpaired) electrons. The fourth-order valence-electron chi connectivity index (χ4n) is 3.34. The summed E-state index contributed by atoms with van der Waals surface area (Å²) in [6.07, 6.45) is 0. The van der Waals surface area contributed by atoms with Gasteiger partial charge in [-0.2, -0.15) is 0 Å². The van der Waals surface area contributed by atoms with Crippen LogP contribution in [0.4, 0.5) is 4.79 Å². The minimum absolute atomic E-state index is 0.343. The van der Waals surface area contributed by atoms with Gasteiger partial charge in [0, 0.05) is 5.56 Å². The summed E-state index contributed by atoms with van der Waals surface area (Å²) in [4.78, 5) is 38.7. The van der Waals surface area contributed by atoms with E-state index in [1.807, 2.05) is 31.2 Å². The molecule has 7 nitrogen and oxygen atoms in total. The Morgan fingerprint density at radius 3 is 2.46 bits per heavy atom. The maximum atomic E-state index is 12.9. The number of carbonyl (C=O) groups is 3. The molecule has 0 spiro atoms. The zero-order valence-corrected chi connectivity index (χ0v) is 16.1. The Morgan fingerprint density at radius 2 is 1.79 bits per heavy atom. The van der Waals surface area contributed by atoms with Crippen molar-refractivity contribution >= 4 is 17.8 Å². The van der Waals surface area contributed by atoms with Crippen molar-refractivity contribution in [3.63, 3.8) is 0 Å². The Labute approximate surface area is 163 Å². The van der Waals surface area contributed by atoms with Gasteiger partial charge in [0.05, 0.1) is 13.2 Å². The highest BCUT2D eigenvalue weighted by Crippen LogP contribution is 2.29. The Balaban J connectivity index is 1.70. The maximum Gasteiger partial charge on any atom is 0.325 e. The van der Waals surface area contributed by atoms with Gasteiger partial charge in [-0.05, 0) is 25.5 Å². The van der Waals surface area contributed by atoms with Crippen molar-refractivity contribution in [1.29, 1.82) is 0 Å². The van der Waals surface area contributed by atoms with Gasteiger partial charge in [-0.1, -0.05) is 48.5 Å². The molecule has 0 aromatic heterocycles. The lowest BCUT2D eigenvalue weighted by molar-refractivity contribution is -0.135. The predicted molar refractivity (Wildman–Crippen MR) is 104 cm³/mol. The van der Waals surface area contributed by atoms with Crippen LogP contribution in [0.5, 0.6) is 5.75 Å². The van der Waals surface area contributed by atoms with Crippen molar-refractivity contribution in [2.45, 2.75) is 25.4 Å². The molecule has 1 fully saturated rings. The van der Waals surface area contributed by atoms with Crippen LogP contribution in [0, 0.1) is 0 Å². The van der Waals surface area contributed by atoms with E-state index in [0.717, 1.165) is 10.5 Å². The third-order valence-corrected chi connectivity index (χ3v) is 4.91. The first-order valence-electron chi connectivity index (χ1n) is 8.98. The molecule has 2 aromatic carbocycles. The zero-order valence-electron chi connectivity index (χ0n) is 16.1. The standard InChI is InChI=1S/C21H23N3O4/c1-14(16-11-7-8-12-17(16)28-3)22-18(25)13-24-19(26)21(2,23-20(24)27)15-9-5-4-6-10-15/h4-12,14H,13H2,1-3H3,(H,22,25)(H,23,27). The van der Waals surface area contributed by atoms with Crippen molar-refractivity contribution in [2.24, 2.45) is 0 Å².